The Hall–Kier alpha value is -1.39. The molecule has 0 bridgehead atoms. The SMILES string of the molecule is CCc1nc(C(N)c2ccccc2)no1.Cl. The van der Waals surface area contributed by atoms with Gasteiger partial charge in [0.05, 0.1) is 6.04 Å². The molecule has 0 amide bonds. The van der Waals surface area contributed by atoms with Gasteiger partial charge in [0.2, 0.25) is 5.89 Å². The average Bonchev–Trinajstić information content (AvgIpc) is 2.78. The van der Waals surface area contributed by atoms with Crippen molar-refractivity contribution in [2.45, 2.75) is 19.4 Å². The van der Waals surface area contributed by atoms with Gasteiger partial charge in [-0.25, -0.2) is 0 Å². The van der Waals surface area contributed by atoms with Crippen LogP contribution in [0.1, 0.15) is 30.2 Å². The second-order valence-electron chi connectivity index (χ2n) is 3.29. The lowest BCUT2D eigenvalue weighted by Crippen LogP contribution is -2.13. The number of hydrogen-bond donors (Lipinski definition) is 1. The maximum absolute atomic E-state index is 6.00. The molecule has 0 aliphatic rings. The van der Waals surface area contributed by atoms with Crippen LogP contribution in [0.15, 0.2) is 34.9 Å². The van der Waals surface area contributed by atoms with E-state index in [4.69, 9.17) is 10.3 Å². The van der Waals surface area contributed by atoms with Crippen molar-refractivity contribution in [2.24, 2.45) is 5.73 Å². The normalized spacial score (nSPS) is 11.9. The molecule has 86 valence electrons. The molecule has 4 nitrogen and oxygen atoms in total. The van der Waals surface area contributed by atoms with Gasteiger partial charge in [-0.1, -0.05) is 42.4 Å². The van der Waals surface area contributed by atoms with E-state index in [9.17, 15) is 0 Å². The van der Waals surface area contributed by atoms with Gasteiger partial charge in [-0.05, 0) is 5.56 Å². The third-order valence-corrected chi connectivity index (χ3v) is 2.22. The van der Waals surface area contributed by atoms with Crippen LogP contribution in [-0.4, -0.2) is 10.1 Å². The zero-order chi connectivity index (χ0) is 10.7. The third-order valence-electron chi connectivity index (χ3n) is 2.22. The number of hydrogen-bond acceptors (Lipinski definition) is 4. The van der Waals surface area contributed by atoms with Crippen molar-refractivity contribution >= 4 is 12.4 Å². The summed E-state index contributed by atoms with van der Waals surface area (Å²) in [6.07, 6.45) is 0.731. The van der Waals surface area contributed by atoms with Gasteiger partial charge in [-0.2, -0.15) is 4.98 Å². The molecule has 1 aromatic heterocycles. The molecule has 1 heterocycles. The van der Waals surface area contributed by atoms with E-state index in [0.29, 0.717) is 11.7 Å². The Bertz CT molecular complexity index is 430. The average molecular weight is 240 g/mol. The topological polar surface area (TPSA) is 64.9 Å². The zero-order valence-corrected chi connectivity index (χ0v) is 9.78. The number of rotatable bonds is 3. The van der Waals surface area contributed by atoms with Crippen LogP contribution in [0.5, 0.6) is 0 Å². The minimum absolute atomic E-state index is 0. The molecule has 2 N–H and O–H groups in total. The lowest BCUT2D eigenvalue weighted by Gasteiger charge is -2.05. The highest BCUT2D eigenvalue weighted by Gasteiger charge is 2.14. The van der Waals surface area contributed by atoms with E-state index in [2.05, 4.69) is 10.1 Å². The predicted octanol–water partition coefficient (Wildman–Crippen LogP) is 2.10. The van der Waals surface area contributed by atoms with E-state index in [0.717, 1.165) is 12.0 Å². The summed E-state index contributed by atoms with van der Waals surface area (Å²) in [6.45, 7) is 1.96. The van der Waals surface area contributed by atoms with Crippen molar-refractivity contribution in [3.8, 4) is 0 Å². The first-order chi connectivity index (χ1) is 7.31. The molecular weight excluding hydrogens is 226 g/mol. The summed E-state index contributed by atoms with van der Waals surface area (Å²) in [5.41, 5.74) is 6.99. The Balaban J connectivity index is 0.00000128. The minimum atomic E-state index is -0.310. The van der Waals surface area contributed by atoms with Crippen LogP contribution in [0.4, 0.5) is 0 Å². The molecule has 2 rings (SSSR count). The second-order valence-corrected chi connectivity index (χ2v) is 3.29. The zero-order valence-electron chi connectivity index (χ0n) is 8.96. The Labute approximate surface area is 100 Å². The van der Waals surface area contributed by atoms with Gasteiger partial charge in [0.1, 0.15) is 0 Å². The third kappa shape index (κ3) is 2.59. The Morgan fingerprint density at radius 1 is 1.31 bits per heavy atom. The summed E-state index contributed by atoms with van der Waals surface area (Å²) in [4.78, 5) is 4.20. The molecule has 0 spiro atoms. The van der Waals surface area contributed by atoms with Gasteiger partial charge >= 0.3 is 0 Å². The van der Waals surface area contributed by atoms with E-state index < -0.39 is 0 Å². The number of halogens is 1. The maximum Gasteiger partial charge on any atom is 0.226 e. The van der Waals surface area contributed by atoms with Gasteiger partial charge < -0.3 is 10.3 Å². The van der Waals surface area contributed by atoms with E-state index >= 15 is 0 Å². The van der Waals surface area contributed by atoms with Crippen molar-refractivity contribution in [3.63, 3.8) is 0 Å². The minimum Gasteiger partial charge on any atom is -0.339 e. The van der Waals surface area contributed by atoms with E-state index in [1.165, 1.54) is 0 Å². The van der Waals surface area contributed by atoms with Crippen molar-refractivity contribution in [1.29, 1.82) is 0 Å². The van der Waals surface area contributed by atoms with Gasteiger partial charge in [0, 0.05) is 6.42 Å². The van der Waals surface area contributed by atoms with Crippen LogP contribution in [0.3, 0.4) is 0 Å². The van der Waals surface area contributed by atoms with Crippen LogP contribution in [-0.2, 0) is 6.42 Å². The molecular formula is C11H14ClN3O. The van der Waals surface area contributed by atoms with Crippen molar-refractivity contribution in [2.75, 3.05) is 0 Å². The molecule has 1 aromatic carbocycles. The summed E-state index contributed by atoms with van der Waals surface area (Å²) in [5, 5.41) is 3.85. The van der Waals surface area contributed by atoms with Crippen molar-refractivity contribution in [1.82, 2.24) is 10.1 Å². The predicted molar refractivity (Wildman–Crippen MR) is 63.4 cm³/mol. The van der Waals surface area contributed by atoms with Gasteiger partial charge in [0.25, 0.3) is 0 Å². The quantitative estimate of drug-likeness (QED) is 0.891. The molecule has 0 fully saturated rings. The van der Waals surface area contributed by atoms with Gasteiger partial charge in [0.15, 0.2) is 5.82 Å². The Morgan fingerprint density at radius 3 is 2.56 bits per heavy atom. The molecule has 0 aliphatic carbocycles. The van der Waals surface area contributed by atoms with Gasteiger partial charge in [-0.15, -0.1) is 12.4 Å². The molecule has 1 unspecified atom stereocenters. The van der Waals surface area contributed by atoms with Crippen molar-refractivity contribution in [3.05, 3.63) is 47.6 Å². The first-order valence-electron chi connectivity index (χ1n) is 4.94. The highest BCUT2D eigenvalue weighted by Crippen LogP contribution is 2.16. The molecule has 0 radical (unpaired) electrons. The van der Waals surface area contributed by atoms with Crippen LogP contribution in [0.2, 0.25) is 0 Å². The van der Waals surface area contributed by atoms with Crippen LogP contribution < -0.4 is 5.73 Å². The first-order valence-corrected chi connectivity index (χ1v) is 4.94. The molecule has 2 aromatic rings. The number of nitrogens with zero attached hydrogens (tertiary/aromatic N) is 2. The summed E-state index contributed by atoms with van der Waals surface area (Å²) in [5.74, 6) is 1.16. The molecule has 0 aliphatic heterocycles. The smallest absolute Gasteiger partial charge is 0.226 e. The van der Waals surface area contributed by atoms with E-state index in [1.54, 1.807) is 0 Å². The second kappa shape index (κ2) is 5.63. The lowest BCUT2D eigenvalue weighted by atomic mass is 10.1. The summed E-state index contributed by atoms with van der Waals surface area (Å²) >= 11 is 0. The molecule has 5 heteroatoms. The number of nitrogens with two attached hydrogens (primary N) is 1. The fraction of sp³-hybridized carbons (Fsp3) is 0.273. The first kappa shape index (κ1) is 12.7. The number of aryl methyl sites for hydroxylation is 1. The van der Waals surface area contributed by atoms with Crippen LogP contribution in [0.25, 0.3) is 0 Å². The monoisotopic (exact) mass is 239 g/mol. The van der Waals surface area contributed by atoms with E-state index in [-0.39, 0.29) is 18.4 Å². The lowest BCUT2D eigenvalue weighted by molar-refractivity contribution is 0.375. The fourth-order valence-corrected chi connectivity index (χ4v) is 1.35. The Kier molecular flexibility index (Phi) is 4.46. The standard InChI is InChI=1S/C11H13N3O.ClH/c1-2-9-13-11(14-15-9)10(12)8-6-4-3-5-7-8;/h3-7,10H,2,12H2,1H3;1H. The number of benzene rings is 1. The fourth-order valence-electron chi connectivity index (χ4n) is 1.35. The highest BCUT2D eigenvalue weighted by atomic mass is 35.5. The summed E-state index contributed by atoms with van der Waals surface area (Å²) < 4.78 is 5.02. The highest BCUT2D eigenvalue weighted by molar-refractivity contribution is 5.85. The molecule has 1 atom stereocenters. The molecule has 0 saturated carbocycles. The molecule has 16 heavy (non-hydrogen) atoms. The summed E-state index contributed by atoms with van der Waals surface area (Å²) in [7, 11) is 0. The Morgan fingerprint density at radius 2 is 2.00 bits per heavy atom. The van der Waals surface area contributed by atoms with E-state index in [1.807, 2.05) is 37.3 Å². The molecule has 0 saturated heterocycles. The van der Waals surface area contributed by atoms with Gasteiger partial charge in [-0.3, -0.25) is 0 Å². The van der Waals surface area contributed by atoms with Crippen LogP contribution >= 0.6 is 12.4 Å². The van der Waals surface area contributed by atoms with Crippen LogP contribution in [0, 0.1) is 0 Å². The largest absolute Gasteiger partial charge is 0.339 e. The number of aromatic nitrogens is 2. The maximum atomic E-state index is 6.00. The van der Waals surface area contributed by atoms with Crippen molar-refractivity contribution < 1.29 is 4.52 Å². The summed E-state index contributed by atoms with van der Waals surface area (Å²) in [6, 6.07) is 9.42.